The van der Waals surface area contributed by atoms with Crippen molar-refractivity contribution < 1.29 is 13.9 Å². The molecule has 0 spiro atoms. The molecule has 0 aliphatic carbocycles. The average Bonchev–Trinajstić information content (AvgIpc) is 2.61. The van der Waals surface area contributed by atoms with Crippen LogP contribution in [0.25, 0.3) is 0 Å². The highest BCUT2D eigenvalue weighted by molar-refractivity contribution is 14.0. The molecule has 0 unspecified atom stereocenters. The largest absolute Gasteiger partial charge is 0.450 e. The molecule has 1 amide bonds. The first kappa shape index (κ1) is 23.5. The summed E-state index contributed by atoms with van der Waals surface area (Å²) in [4.78, 5) is 17.9. The zero-order valence-corrected chi connectivity index (χ0v) is 18.5. The first-order valence-corrected chi connectivity index (χ1v) is 9.06. The van der Waals surface area contributed by atoms with Crippen LogP contribution in [0.3, 0.4) is 0 Å². The Balaban J connectivity index is 0.00000364. The van der Waals surface area contributed by atoms with Crippen molar-refractivity contribution >= 4 is 36.0 Å². The van der Waals surface area contributed by atoms with Gasteiger partial charge in [0.25, 0.3) is 0 Å². The summed E-state index contributed by atoms with van der Waals surface area (Å²) in [6, 6.07) is 6.75. The summed E-state index contributed by atoms with van der Waals surface area (Å²) in [6.07, 6.45) is 1.33. The van der Waals surface area contributed by atoms with Crippen LogP contribution < -0.4 is 11.1 Å². The van der Waals surface area contributed by atoms with E-state index in [9.17, 15) is 9.18 Å². The van der Waals surface area contributed by atoms with Crippen LogP contribution in [-0.4, -0.2) is 49.2 Å². The predicted octanol–water partition coefficient (Wildman–Crippen LogP) is 3.25. The second-order valence-electron chi connectivity index (χ2n) is 7.20. The minimum atomic E-state index is -0.318. The van der Waals surface area contributed by atoms with E-state index in [4.69, 9.17) is 10.5 Å². The van der Waals surface area contributed by atoms with Gasteiger partial charge in [-0.15, -0.1) is 24.0 Å². The van der Waals surface area contributed by atoms with E-state index in [1.807, 2.05) is 19.9 Å². The summed E-state index contributed by atoms with van der Waals surface area (Å²) in [5.41, 5.74) is 6.59. The Morgan fingerprint density at radius 3 is 2.67 bits per heavy atom. The number of nitrogens with one attached hydrogen (secondary N) is 1. The molecule has 1 aromatic rings. The fourth-order valence-corrected chi connectivity index (χ4v) is 2.96. The van der Waals surface area contributed by atoms with Gasteiger partial charge in [-0.2, -0.15) is 0 Å². The maximum atomic E-state index is 13.4. The fraction of sp³-hybridized carbons (Fsp3) is 0.579. The lowest BCUT2D eigenvalue weighted by Gasteiger charge is -2.32. The SMILES string of the molecule is CCOC(=O)N1CCC(NC(N)=NCC(C)(C)c2cccc(F)c2)CC1.I. The van der Waals surface area contributed by atoms with Gasteiger partial charge in [-0.3, -0.25) is 4.99 Å². The van der Waals surface area contributed by atoms with Crippen LogP contribution in [-0.2, 0) is 10.2 Å². The van der Waals surface area contributed by atoms with Crippen molar-refractivity contribution in [3.05, 3.63) is 35.6 Å². The molecule has 6 nitrogen and oxygen atoms in total. The van der Waals surface area contributed by atoms with Crippen LogP contribution in [0.15, 0.2) is 29.3 Å². The summed E-state index contributed by atoms with van der Waals surface area (Å²) in [7, 11) is 0. The van der Waals surface area contributed by atoms with Crippen molar-refractivity contribution in [3.63, 3.8) is 0 Å². The molecule has 1 aromatic carbocycles. The number of nitrogens with two attached hydrogens (primary N) is 1. The molecule has 8 heteroatoms. The Hall–Kier alpha value is -1.58. The van der Waals surface area contributed by atoms with Crippen LogP contribution in [0, 0.1) is 5.82 Å². The summed E-state index contributed by atoms with van der Waals surface area (Å²) in [6.45, 7) is 7.94. The van der Waals surface area contributed by atoms with Crippen molar-refractivity contribution in [1.82, 2.24) is 10.2 Å². The highest BCUT2D eigenvalue weighted by atomic mass is 127. The third kappa shape index (κ3) is 7.15. The Kier molecular flexibility index (Phi) is 9.28. The molecular weight excluding hydrogens is 462 g/mol. The van der Waals surface area contributed by atoms with Gasteiger partial charge in [0.15, 0.2) is 5.96 Å². The molecule has 1 fully saturated rings. The van der Waals surface area contributed by atoms with E-state index in [-0.39, 0.29) is 47.3 Å². The Morgan fingerprint density at radius 2 is 2.07 bits per heavy atom. The van der Waals surface area contributed by atoms with Gasteiger partial charge in [-0.25, -0.2) is 9.18 Å². The van der Waals surface area contributed by atoms with E-state index in [0.29, 0.717) is 32.2 Å². The lowest BCUT2D eigenvalue weighted by molar-refractivity contribution is 0.0963. The molecule has 3 N–H and O–H groups in total. The quantitative estimate of drug-likeness (QED) is 0.376. The number of likely N-dealkylation sites (tertiary alicyclic amines) is 1. The second kappa shape index (κ2) is 10.7. The minimum Gasteiger partial charge on any atom is -0.450 e. The fourth-order valence-electron chi connectivity index (χ4n) is 2.96. The molecular formula is C19H30FIN4O2. The van der Waals surface area contributed by atoms with Crippen LogP contribution in [0.1, 0.15) is 39.2 Å². The molecule has 1 aliphatic heterocycles. The standard InChI is InChI=1S/C19H29FN4O2.HI/c1-4-26-18(25)24-10-8-16(9-11-24)23-17(21)22-13-19(2,3)14-6-5-7-15(20)12-14;/h5-7,12,16H,4,8-11,13H2,1-3H3,(H3,21,22,23);1H. The van der Waals surface area contributed by atoms with Crippen molar-refractivity contribution in [1.29, 1.82) is 0 Å². The van der Waals surface area contributed by atoms with E-state index in [1.54, 1.807) is 17.9 Å². The number of aliphatic imine (C=N–C) groups is 1. The normalized spacial score (nSPS) is 15.9. The lowest BCUT2D eigenvalue weighted by atomic mass is 9.85. The van der Waals surface area contributed by atoms with E-state index in [0.717, 1.165) is 18.4 Å². The molecule has 152 valence electrons. The van der Waals surface area contributed by atoms with Gasteiger partial charge in [0.1, 0.15) is 5.82 Å². The molecule has 1 heterocycles. The number of carbonyl (C=O) groups is 1. The number of piperidine rings is 1. The molecule has 0 saturated carbocycles. The zero-order chi connectivity index (χ0) is 19.2. The number of amides is 1. The number of carbonyl (C=O) groups excluding carboxylic acids is 1. The highest BCUT2D eigenvalue weighted by Crippen LogP contribution is 2.24. The number of nitrogens with zero attached hydrogens (tertiary/aromatic N) is 2. The first-order valence-electron chi connectivity index (χ1n) is 9.06. The Morgan fingerprint density at radius 1 is 1.41 bits per heavy atom. The zero-order valence-electron chi connectivity index (χ0n) is 16.2. The molecule has 0 atom stereocenters. The van der Waals surface area contributed by atoms with E-state index in [1.165, 1.54) is 12.1 Å². The van der Waals surface area contributed by atoms with E-state index in [2.05, 4.69) is 10.3 Å². The smallest absolute Gasteiger partial charge is 0.409 e. The molecule has 27 heavy (non-hydrogen) atoms. The van der Waals surface area contributed by atoms with Crippen molar-refractivity contribution in [2.24, 2.45) is 10.7 Å². The maximum Gasteiger partial charge on any atom is 0.409 e. The molecule has 0 radical (unpaired) electrons. The van der Waals surface area contributed by atoms with Crippen LogP contribution in [0.5, 0.6) is 0 Å². The van der Waals surface area contributed by atoms with Gasteiger partial charge in [-0.1, -0.05) is 26.0 Å². The number of guanidine groups is 1. The number of rotatable bonds is 5. The summed E-state index contributed by atoms with van der Waals surface area (Å²) < 4.78 is 18.4. The number of halogens is 2. The van der Waals surface area contributed by atoms with Crippen LogP contribution >= 0.6 is 24.0 Å². The number of ether oxygens (including phenoxy) is 1. The minimum absolute atomic E-state index is 0. The van der Waals surface area contributed by atoms with E-state index >= 15 is 0 Å². The van der Waals surface area contributed by atoms with Crippen LogP contribution in [0.4, 0.5) is 9.18 Å². The van der Waals surface area contributed by atoms with Crippen molar-refractivity contribution in [2.75, 3.05) is 26.2 Å². The van der Waals surface area contributed by atoms with Gasteiger partial charge >= 0.3 is 6.09 Å². The summed E-state index contributed by atoms with van der Waals surface area (Å²) >= 11 is 0. The summed E-state index contributed by atoms with van der Waals surface area (Å²) in [5, 5.41) is 3.22. The molecule has 0 bridgehead atoms. The van der Waals surface area contributed by atoms with Gasteiger partial charge in [0.2, 0.25) is 0 Å². The molecule has 2 rings (SSSR count). The topological polar surface area (TPSA) is 80.0 Å². The molecule has 0 aromatic heterocycles. The third-order valence-electron chi connectivity index (χ3n) is 4.62. The van der Waals surface area contributed by atoms with Gasteiger partial charge in [0, 0.05) is 24.5 Å². The van der Waals surface area contributed by atoms with Crippen molar-refractivity contribution in [2.45, 2.75) is 45.1 Å². The lowest BCUT2D eigenvalue weighted by Crippen LogP contribution is -2.48. The molecule has 1 aliphatic rings. The van der Waals surface area contributed by atoms with Gasteiger partial charge in [-0.05, 0) is 37.5 Å². The second-order valence-corrected chi connectivity index (χ2v) is 7.20. The summed E-state index contributed by atoms with van der Waals surface area (Å²) in [5.74, 6) is 0.128. The monoisotopic (exact) mass is 492 g/mol. The number of hydrogen-bond acceptors (Lipinski definition) is 3. The number of benzene rings is 1. The third-order valence-corrected chi connectivity index (χ3v) is 4.62. The predicted molar refractivity (Wildman–Crippen MR) is 116 cm³/mol. The van der Waals surface area contributed by atoms with Gasteiger partial charge in [0.05, 0.1) is 13.2 Å². The van der Waals surface area contributed by atoms with Gasteiger partial charge < -0.3 is 20.7 Å². The maximum absolute atomic E-state index is 13.4. The van der Waals surface area contributed by atoms with E-state index < -0.39 is 0 Å². The molecule has 1 saturated heterocycles. The first-order chi connectivity index (χ1) is 12.3. The highest BCUT2D eigenvalue weighted by Gasteiger charge is 2.24. The Labute approximate surface area is 177 Å². The Bertz CT molecular complexity index is 646. The number of hydrogen-bond donors (Lipinski definition) is 2. The van der Waals surface area contributed by atoms with Crippen LogP contribution in [0.2, 0.25) is 0 Å². The van der Waals surface area contributed by atoms with Crippen molar-refractivity contribution in [3.8, 4) is 0 Å². The average molecular weight is 492 g/mol.